The average Bonchev–Trinajstić information content (AvgIpc) is 2.42. The van der Waals surface area contributed by atoms with Crippen LogP contribution >= 0.6 is 15.9 Å². The van der Waals surface area contributed by atoms with Gasteiger partial charge in [0.15, 0.2) is 0 Å². The summed E-state index contributed by atoms with van der Waals surface area (Å²) in [5, 5.41) is 10.8. The molecule has 0 fully saturated rings. The van der Waals surface area contributed by atoms with E-state index in [0.717, 1.165) is 12.0 Å². The predicted molar refractivity (Wildman–Crippen MR) is 83.8 cm³/mol. The van der Waals surface area contributed by atoms with Crippen molar-refractivity contribution in [3.63, 3.8) is 0 Å². The van der Waals surface area contributed by atoms with E-state index in [9.17, 15) is 10.1 Å². The van der Waals surface area contributed by atoms with Gasteiger partial charge in [0.1, 0.15) is 0 Å². The van der Waals surface area contributed by atoms with Gasteiger partial charge in [0.05, 0.1) is 22.1 Å². The molecule has 0 heterocycles. The highest BCUT2D eigenvalue weighted by atomic mass is 79.9. The van der Waals surface area contributed by atoms with Crippen LogP contribution in [0.1, 0.15) is 51.5 Å². The second-order valence-electron chi connectivity index (χ2n) is 5.01. The van der Waals surface area contributed by atoms with Crippen molar-refractivity contribution < 1.29 is 9.66 Å². The number of nitro benzene ring substituents is 1. The maximum Gasteiger partial charge on any atom is 0.283 e. The molecule has 1 unspecified atom stereocenters. The van der Waals surface area contributed by atoms with Crippen LogP contribution in [0.3, 0.4) is 0 Å². The lowest BCUT2D eigenvalue weighted by Gasteiger charge is -2.13. The van der Waals surface area contributed by atoms with Crippen molar-refractivity contribution >= 4 is 21.6 Å². The van der Waals surface area contributed by atoms with Gasteiger partial charge in [-0.1, -0.05) is 38.7 Å². The lowest BCUT2D eigenvalue weighted by atomic mass is 10.1. The zero-order valence-corrected chi connectivity index (χ0v) is 13.7. The summed E-state index contributed by atoms with van der Waals surface area (Å²) >= 11 is 3.18. The maximum atomic E-state index is 10.8. The summed E-state index contributed by atoms with van der Waals surface area (Å²) in [5.41, 5.74) is 0.919. The van der Waals surface area contributed by atoms with Crippen molar-refractivity contribution in [1.82, 2.24) is 0 Å². The van der Waals surface area contributed by atoms with Crippen molar-refractivity contribution in [2.24, 2.45) is 0 Å². The highest BCUT2D eigenvalue weighted by Gasteiger charge is 2.12. The molecule has 0 aliphatic rings. The number of nitrogens with zero attached hydrogens (tertiary/aromatic N) is 1. The summed E-state index contributed by atoms with van der Waals surface area (Å²) in [7, 11) is 0. The van der Waals surface area contributed by atoms with Crippen LogP contribution in [0.2, 0.25) is 0 Å². The van der Waals surface area contributed by atoms with Gasteiger partial charge < -0.3 is 4.74 Å². The smallest absolute Gasteiger partial charge is 0.283 e. The molecule has 0 aliphatic heterocycles. The number of halogens is 1. The summed E-state index contributed by atoms with van der Waals surface area (Å²) < 4.78 is 6.24. The Morgan fingerprint density at radius 3 is 2.75 bits per heavy atom. The molecule has 112 valence electrons. The molecule has 0 amide bonds. The predicted octanol–water partition coefficient (Wildman–Crippen LogP) is 5.23. The molecule has 5 heteroatoms. The van der Waals surface area contributed by atoms with E-state index in [0.29, 0.717) is 11.1 Å². The van der Waals surface area contributed by atoms with Gasteiger partial charge in [-0.15, -0.1) is 0 Å². The number of rotatable bonds is 9. The Morgan fingerprint density at radius 1 is 1.35 bits per heavy atom. The third-order valence-corrected chi connectivity index (χ3v) is 3.88. The lowest BCUT2D eigenvalue weighted by molar-refractivity contribution is -0.385. The minimum atomic E-state index is -0.387. The van der Waals surface area contributed by atoms with Crippen LogP contribution in [-0.4, -0.2) is 11.0 Å². The molecule has 0 bridgehead atoms. The van der Waals surface area contributed by atoms with Crippen LogP contribution < -0.4 is 0 Å². The molecular weight excluding hydrogens is 322 g/mol. The number of benzene rings is 1. The van der Waals surface area contributed by atoms with Crippen molar-refractivity contribution in [2.45, 2.75) is 58.7 Å². The maximum absolute atomic E-state index is 10.8. The Hall–Kier alpha value is -0.940. The second kappa shape index (κ2) is 9.08. The van der Waals surface area contributed by atoms with Gasteiger partial charge >= 0.3 is 0 Å². The second-order valence-corrected chi connectivity index (χ2v) is 5.87. The molecule has 0 N–H and O–H groups in total. The summed E-state index contributed by atoms with van der Waals surface area (Å²) in [5.74, 6) is 0. The molecule has 0 spiro atoms. The quantitative estimate of drug-likeness (QED) is 0.350. The van der Waals surface area contributed by atoms with E-state index in [1.165, 1.54) is 25.7 Å². The van der Waals surface area contributed by atoms with Gasteiger partial charge in [0.25, 0.3) is 5.69 Å². The van der Waals surface area contributed by atoms with Crippen LogP contribution in [0.5, 0.6) is 0 Å². The molecule has 0 aromatic heterocycles. The SMILES string of the molecule is CCCCCCC(C)OCc1ccc(Br)c([N+](=O)[O-])c1. The van der Waals surface area contributed by atoms with Crippen molar-refractivity contribution in [2.75, 3.05) is 0 Å². The topological polar surface area (TPSA) is 52.4 Å². The Kier molecular flexibility index (Phi) is 7.77. The molecule has 4 nitrogen and oxygen atoms in total. The molecular formula is C15H22BrNO3. The molecule has 1 atom stereocenters. The summed E-state index contributed by atoms with van der Waals surface area (Å²) in [6.07, 6.45) is 6.15. The third kappa shape index (κ3) is 6.01. The van der Waals surface area contributed by atoms with Gasteiger partial charge in [-0.2, -0.15) is 0 Å². The first-order chi connectivity index (χ1) is 9.54. The molecule has 20 heavy (non-hydrogen) atoms. The zero-order chi connectivity index (χ0) is 15.0. The van der Waals surface area contributed by atoms with Crippen LogP contribution in [0.25, 0.3) is 0 Å². The number of unbranched alkanes of at least 4 members (excludes halogenated alkanes) is 3. The first-order valence-electron chi connectivity index (χ1n) is 7.09. The first-order valence-corrected chi connectivity index (χ1v) is 7.88. The van der Waals surface area contributed by atoms with Crippen molar-refractivity contribution in [3.8, 4) is 0 Å². The third-order valence-electron chi connectivity index (χ3n) is 3.21. The molecule has 0 saturated heterocycles. The molecule has 1 aromatic carbocycles. The zero-order valence-electron chi connectivity index (χ0n) is 12.1. The number of ether oxygens (including phenoxy) is 1. The van der Waals surface area contributed by atoms with E-state index in [1.54, 1.807) is 12.1 Å². The van der Waals surface area contributed by atoms with E-state index in [1.807, 2.05) is 6.07 Å². The monoisotopic (exact) mass is 343 g/mol. The fourth-order valence-corrected chi connectivity index (χ4v) is 2.36. The normalized spacial score (nSPS) is 12.3. The number of hydrogen-bond donors (Lipinski definition) is 0. The lowest BCUT2D eigenvalue weighted by Crippen LogP contribution is -2.08. The van der Waals surface area contributed by atoms with E-state index in [4.69, 9.17) is 4.74 Å². The van der Waals surface area contributed by atoms with Gasteiger partial charge in [-0.05, 0) is 40.9 Å². The van der Waals surface area contributed by atoms with Gasteiger partial charge in [0, 0.05) is 6.07 Å². The highest BCUT2D eigenvalue weighted by Crippen LogP contribution is 2.26. The summed E-state index contributed by atoms with van der Waals surface area (Å²) in [6.45, 7) is 4.67. The largest absolute Gasteiger partial charge is 0.374 e. The Bertz CT molecular complexity index is 437. The standard InChI is InChI=1S/C15H22BrNO3/c1-3-4-5-6-7-12(2)20-11-13-8-9-14(16)15(10-13)17(18)19/h8-10,12H,3-7,11H2,1-2H3. The van der Waals surface area contributed by atoms with Crippen molar-refractivity contribution in [1.29, 1.82) is 0 Å². The molecule has 0 saturated carbocycles. The van der Waals surface area contributed by atoms with E-state index in [-0.39, 0.29) is 16.7 Å². The molecule has 0 aliphatic carbocycles. The van der Waals surface area contributed by atoms with E-state index >= 15 is 0 Å². The van der Waals surface area contributed by atoms with Gasteiger partial charge in [0.2, 0.25) is 0 Å². The molecule has 1 aromatic rings. The van der Waals surface area contributed by atoms with Crippen molar-refractivity contribution in [3.05, 3.63) is 38.3 Å². The van der Waals surface area contributed by atoms with E-state index in [2.05, 4.69) is 29.8 Å². The fraction of sp³-hybridized carbons (Fsp3) is 0.600. The van der Waals surface area contributed by atoms with Crippen LogP contribution in [0, 0.1) is 10.1 Å². The Labute approximate surface area is 128 Å². The minimum Gasteiger partial charge on any atom is -0.374 e. The average molecular weight is 344 g/mol. The minimum absolute atomic E-state index is 0.0849. The Morgan fingerprint density at radius 2 is 2.10 bits per heavy atom. The fourth-order valence-electron chi connectivity index (χ4n) is 1.97. The number of hydrogen-bond acceptors (Lipinski definition) is 3. The van der Waals surface area contributed by atoms with Crippen LogP contribution in [-0.2, 0) is 11.3 Å². The van der Waals surface area contributed by atoms with Gasteiger partial charge in [-0.3, -0.25) is 10.1 Å². The Balaban J connectivity index is 2.41. The number of nitro groups is 1. The highest BCUT2D eigenvalue weighted by molar-refractivity contribution is 9.10. The molecule has 1 rings (SSSR count). The van der Waals surface area contributed by atoms with Crippen LogP contribution in [0.15, 0.2) is 22.7 Å². The first kappa shape index (κ1) is 17.1. The molecule has 0 radical (unpaired) electrons. The summed E-state index contributed by atoms with van der Waals surface area (Å²) in [6, 6.07) is 5.11. The van der Waals surface area contributed by atoms with Gasteiger partial charge in [-0.25, -0.2) is 0 Å². The summed E-state index contributed by atoms with van der Waals surface area (Å²) in [4.78, 5) is 10.5. The van der Waals surface area contributed by atoms with Crippen LogP contribution in [0.4, 0.5) is 5.69 Å². The van der Waals surface area contributed by atoms with E-state index < -0.39 is 0 Å².